The first-order valence-electron chi connectivity index (χ1n) is 6.39. The van der Waals surface area contributed by atoms with Gasteiger partial charge >= 0.3 is 0 Å². The highest BCUT2D eigenvalue weighted by Gasteiger charge is 2.34. The van der Waals surface area contributed by atoms with Gasteiger partial charge in [-0.1, -0.05) is 15.9 Å². The number of nitrogens with one attached hydrogen (secondary N) is 1. The molecular weight excluding hydrogens is 278 g/mol. The number of rotatable bonds is 3. The fraction of sp³-hybridized carbons (Fsp3) is 0.571. The summed E-state index contributed by atoms with van der Waals surface area (Å²) in [6.45, 7) is 3.38. The second-order valence-corrected chi connectivity index (χ2v) is 6.24. The minimum absolute atomic E-state index is 0.0774. The van der Waals surface area contributed by atoms with Crippen molar-refractivity contribution in [2.24, 2.45) is 0 Å². The summed E-state index contributed by atoms with van der Waals surface area (Å²) in [6, 6.07) is 6.37. The van der Waals surface area contributed by atoms with E-state index in [1.165, 1.54) is 31.2 Å². The van der Waals surface area contributed by atoms with Crippen LogP contribution in [0, 0.1) is 0 Å². The Hall–Kier alpha value is -0.540. The largest absolute Gasteiger partial charge is 0.490 e. The molecule has 1 aromatic rings. The van der Waals surface area contributed by atoms with Gasteiger partial charge in [-0.25, -0.2) is 0 Å². The molecule has 2 aliphatic rings. The molecule has 2 nitrogen and oxygen atoms in total. The van der Waals surface area contributed by atoms with Gasteiger partial charge in [-0.3, -0.25) is 0 Å². The summed E-state index contributed by atoms with van der Waals surface area (Å²) >= 11 is 3.57. The van der Waals surface area contributed by atoms with Crippen LogP contribution in [0.4, 0.5) is 0 Å². The maximum absolute atomic E-state index is 6.03. The zero-order valence-corrected chi connectivity index (χ0v) is 11.7. The van der Waals surface area contributed by atoms with E-state index in [4.69, 9.17) is 4.74 Å². The Morgan fingerprint density at radius 2 is 2.24 bits per heavy atom. The molecule has 17 heavy (non-hydrogen) atoms. The van der Waals surface area contributed by atoms with Crippen LogP contribution in [0.3, 0.4) is 0 Å². The lowest BCUT2D eigenvalue weighted by molar-refractivity contribution is 0.288. The van der Waals surface area contributed by atoms with Gasteiger partial charge in [0, 0.05) is 15.6 Å². The Morgan fingerprint density at radius 3 is 2.88 bits per heavy atom. The summed E-state index contributed by atoms with van der Waals surface area (Å²) in [5, 5.41) is 3.61. The minimum atomic E-state index is 0.0774. The average Bonchev–Trinajstić information content (AvgIpc) is 3.01. The van der Waals surface area contributed by atoms with Gasteiger partial charge in [-0.15, -0.1) is 0 Å². The molecule has 3 heteroatoms. The molecule has 0 radical (unpaired) electrons. The molecule has 3 rings (SSSR count). The molecule has 92 valence electrons. The van der Waals surface area contributed by atoms with E-state index in [2.05, 4.69) is 46.4 Å². The molecule has 1 unspecified atom stereocenters. The van der Waals surface area contributed by atoms with Gasteiger partial charge in [0.25, 0.3) is 0 Å². The molecule has 1 aromatic carbocycles. The van der Waals surface area contributed by atoms with Gasteiger partial charge in [-0.2, -0.15) is 0 Å². The van der Waals surface area contributed by atoms with Gasteiger partial charge in [0.05, 0.1) is 6.10 Å². The van der Waals surface area contributed by atoms with Crippen LogP contribution in [0.5, 0.6) is 5.75 Å². The van der Waals surface area contributed by atoms with Crippen molar-refractivity contribution < 1.29 is 4.74 Å². The Kier molecular flexibility index (Phi) is 2.91. The third kappa shape index (κ3) is 2.36. The summed E-state index contributed by atoms with van der Waals surface area (Å²) < 4.78 is 7.16. The number of hydrogen-bond acceptors (Lipinski definition) is 2. The van der Waals surface area contributed by atoms with Gasteiger partial charge in [0.1, 0.15) is 5.75 Å². The quantitative estimate of drug-likeness (QED) is 0.920. The second-order valence-electron chi connectivity index (χ2n) is 5.32. The van der Waals surface area contributed by atoms with Crippen molar-refractivity contribution in [1.29, 1.82) is 0 Å². The van der Waals surface area contributed by atoms with Crippen LogP contribution in [-0.2, 0) is 5.54 Å². The highest BCUT2D eigenvalue weighted by atomic mass is 79.9. The van der Waals surface area contributed by atoms with Crippen LogP contribution in [0.1, 0.15) is 38.2 Å². The average molecular weight is 296 g/mol. The minimum Gasteiger partial charge on any atom is -0.490 e. The third-order valence-corrected chi connectivity index (χ3v) is 4.22. The summed E-state index contributed by atoms with van der Waals surface area (Å²) in [5.41, 5.74) is 1.38. The van der Waals surface area contributed by atoms with Crippen molar-refractivity contribution in [1.82, 2.24) is 5.32 Å². The fourth-order valence-corrected chi connectivity index (χ4v) is 2.89. The van der Waals surface area contributed by atoms with E-state index < -0.39 is 0 Å². The molecule has 0 spiro atoms. The van der Waals surface area contributed by atoms with Gasteiger partial charge in [0.2, 0.25) is 0 Å². The van der Waals surface area contributed by atoms with Gasteiger partial charge in [-0.05, 0) is 57.4 Å². The molecule has 1 aliphatic heterocycles. The highest BCUT2D eigenvalue weighted by molar-refractivity contribution is 9.10. The molecule has 0 aromatic heterocycles. The first kappa shape index (κ1) is 11.5. The number of benzene rings is 1. The van der Waals surface area contributed by atoms with Crippen molar-refractivity contribution >= 4 is 15.9 Å². The Labute approximate surface area is 111 Å². The maximum Gasteiger partial charge on any atom is 0.124 e. The van der Waals surface area contributed by atoms with Crippen molar-refractivity contribution in [3.05, 3.63) is 28.2 Å². The number of hydrogen-bond donors (Lipinski definition) is 1. The topological polar surface area (TPSA) is 21.3 Å². The summed E-state index contributed by atoms with van der Waals surface area (Å²) in [6.07, 6.45) is 5.30. The first-order chi connectivity index (χ1) is 8.17. The van der Waals surface area contributed by atoms with Crippen LogP contribution in [0.25, 0.3) is 0 Å². The van der Waals surface area contributed by atoms with Crippen LogP contribution >= 0.6 is 15.9 Å². The highest BCUT2D eigenvalue weighted by Crippen LogP contribution is 2.40. The SMILES string of the molecule is CC1(c2cc(Br)ccc2OC2CC2)CCCN1. The fourth-order valence-electron chi connectivity index (χ4n) is 2.53. The van der Waals surface area contributed by atoms with Crippen molar-refractivity contribution in [3.63, 3.8) is 0 Å². The van der Waals surface area contributed by atoms with E-state index in [1.807, 2.05) is 0 Å². The smallest absolute Gasteiger partial charge is 0.124 e. The second kappa shape index (κ2) is 4.29. The molecule has 1 heterocycles. The van der Waals surface area contributed by atoms with E-state index in [-0.39, 0.29) is 5.54 Å². The van der Waals surface area contributed by atoms with Crippen molar-refractivity contribution in [2.45, 2.75) is 44.2 Å². The van der Waals surface area contributed by atoms with Crippen LogP contribution in [0.2, 0.25) is 0 Å². The lowest BCUT2D eigenvalue weighted by Gasteiger charge is -2.27. The monoisotopic (exact) mass is 295 g/mol. The Morgan fingerprint density at radius 1 is 1.41 bits per heavy atom. The lowest BCUT2D eigenvalue weighted by atomic mass is 9.90. The molecule has 1 saturated heterocycles. The molecule has 1 atom stereocenters. The Bertz CT molecular complexity index is 422. The Balaban J connectivity index is 1.96. The summed E-state index contributed by atoms with van der Waals surface area (Å²) in [7, 11) is 0. The predicted octanol–water partition coefficient (Wildman–Crippen LogP) is 3.59. The predicted molar refractivity (Wildman–Crippen MR) is 72.4 cm³/mol. The van der Waals surface area contributed by atoms with E-state index in [0.29, 0.717) is 6.10 Å². The zero-order valence-electron chi connectivity index (χ0n) is 10.1. The van der Waals surface area contributed by atoms with Crippen molar-refractivity contribution in [2.75, 3.05) is 6.54 Å². The van der Waals surface area contributed by atoms with Crippen LogP contribution in [-0.4, -0.2) is 12.6 Å². The van der Waals surface area contributed by atoms with Crippen LogP contribution < -0.4 is 10.1 Å². The van der Waals surface area contributed by atoms with Crippen molar-refractivity contribution in [3.8, 4) is 5.75 Å². The van der Waals surface area contributed by atoms with E-state index in [0.717, 1.165) is 16.8 Å². The van der Waals surface area contributed by atoms with E-state index >= 15 is 0 Å². The molecule has 2 fully saturated rings. The summed E-state index contributed by atoms with van der Waals surface area (Å²) in [4.78, 5) is 0. The van der Waals surface area contributed by atoms with Crippen LogP contribution in [0.15, 0.2) is 22.7 Å². The van der Waals surface area contributed by atoms with E-state index in [9.17, 15) is 0 Å². The summed E-state index contributed by atoms with van der Waals surface area (Å²) in [5.74, 6) is 1.06. The normalized spacial score (nSPS) is 28.4. The maximum atomic E-state index is 6.03. The zero-order chi connectivity index (χ0) is 11.9. The molecule has 1 N–H and O–H groups in total. The van der Waals surface area contributed by atoms with E-state index in [1.54, 1.807) is 0 Å². The first-order valence-corrected chi connectivity index (χ1v) is 7.18. The molecule has 1 saturated carbocycles. The number of ether oxygens (including phenoxy) is 1. The lowest BCUT2D eigenvalue weighted by Crippen LogP contribution is -2.33. The van der Waals surface area contributed by atoms with Gasteiger partial charge < -0.3 is 10.1 Å². The standard InChI is InChI=1S/C14H18BrNO/c1-14(7-2-8-16-14)12-9-10(15)3-6-13(12)17-11-4-5-11/h3,6,9,11,16H,2,4-5,7-8H2,1H3. The molecule has 1 aliphatic carbocycles. The molecule has 0 amide bonds. The molecular formula is C14H18BrNO. The third-order valence-electron chi connectivity index (χ3n) is 3.72. The number of halogens is 1. The van der Waals surface area contributed by atoms with Gasteiger partial charge in [0.15, 0.2) is 0 Å². The molecule has 0 bridgehead atoms.